The van der Waals surface area contributed by atoms with Crippen LogP contribution in [-0.4, -0.2) is 86.5 Å². The summed E-state index contributed by atoms with van der Waals surface area (Å²) < 4.78 is 27.7. The summed E-state index contributed by atoms with van der Waals surface area (Å²) in [5, 5.41) is 14.9. The standard InChI is InChI=1S/C28H33N5O10S/c1-11-12(2)29-28(32-25(11)38)33-27-30-13(3)17-8-9-18(39-7)24(20(17)31-27)44-26-23(42-16(6)36)21(37)22(41-15(5)35)19(43-26)10-40-14(4)34/h8-9,19,21-23,26,37H,10H2,1-7H3,(H2,29,30,31,32,33,38)/t19?,21?,22-,23?,26+/m1/s1. The van der Waals surface area contributed by atoms with E-state index in [0.717, 1.165) is 18.7 Å². The third-order valence-corrected chi connectivity index (χ3v) is 7.97. The van der Waals surface area contributed by atoms with Crippen molar-refractivity contribution in [2.75, 3.05) is 19.0 Å². The molecule has 0 amide bonds. The number of aliphatic hydroxyl groups is 1. The maximum absolute atomic E-state index is 12.3. The number of H-pyrrole nitrogens is 1. The van der Waals surface area contributed by atoms with E-state index >= 15 is 0 Å². The van der Waals surface area contributed by atoms with Crippen LogP contribution in [0.2, 0.25) is 0 Å². The summed E-state index contributed by atoms with van der Waals surface area (Å²) in [6.45, 7) is 8.31. The molecule has 16 heteroatoms. The maximum atomic E-state index is 12.3. The number of ether oxygens (including phenoxy) is 5. The number of nitrogens with zero attached hydrogens (tertiary/aromatic N) is 3. The Bertz CT molecular complexity index is 1650. The van der Waals surface area contributed by atoms with E-state index in [2.05, 4.69) is 25.3 Å². The molecule has 3 unspecified atom stereocenters. The number of hydrogen-bond donors (Lipinski definition) is 3. The van der Waals surface area contributed by atoms with Gasteiger partial charge >= 0.3 is 17.9 Å². The average Bonchev–Trinajstić information content (AvgIpc) is 2.94. The second-order valence-electron chi connectivity index (χ2n) is 9.98. The normalized spacial score (nSPS) is 21.4. The molecule has 0 saturated carbocycles. The number of aromatic amines is 1. The predicted octanol–water partition coefficient (Wildman–Crippen LogP) is 1.99. The number of benzene rings is 1. The van der Waals surface area contributed by atoms with Gasteiger partial charge in [-0.25, -0.2) is 15.0 Å². The Labute approximate surface area is 256 Å². The van der Waals surface area contributed by atoms with Gasteiger partial charge in [-0.15, -0.1) is 0 Å². The Balaban J connectivity index is 1.79. The van der Waals surface area contributed by atoms with E-state index in [0.29, 0.717) is 38.5 Å². The number of carbonyl (C=O) groups excluding carboxylic acids is 3. The molecule has 3 aromatic rings. The molecular formula is C28H33N5O10S. The number of anilines is 2. The Kier molecular flexibility index (Phi) is 10.1. The third kappa shape index (κ3) is 7.26. The van der Waals surface area contributed by atoms with Gasteiger partial charge in [-0.3, -0.25) is 29.5 Å². The zero-order chi connectivity index (χ0) is 32.3. The summed E-state index contributed by atoms with van der Waals surface area (Å²) in [5.41, 5.74) is 0.590. The van der Waals surface area contributed by atoms with Crippen LogP contribution in [-0.2, 0) is 33.3 Å². The minimum absolute atomic E-state index is 0.125. The van der Waals surface area contributed by atoms with Crippen molar-refractivity contribution in [1.82, 2.24) is 19.9 Å². The van der Waals surface area contributed by atoms with Crippen molar-refractivity contribution >= 4 is 52.5 Å². The smallest absolute Gasteiger partial charge is 0.303 e. The third-order valence-electron chi connectivity index (χ3n) is 6.73. The molecule has 3 heterocycles. The quantitative estimate of drug-likeness (QED) is 0.228. The summed E-state index contributed by atoms with van der Waals surface area (Å²) >= 11 is 1.03. The van der Waals surface area contributed by atoms with Gasteiger partial charge in [0.15, 0.2) is 12.2 Å². The number of fused-ring (bicyclic) bond motifs is 1. The van der Waals surface area contributed by atoms with Crippen LogP contribution in [0.4, 0.5) is 11.9 Å². The summed E-state index contributed by atoms with van der Waals surface area (Å²) in [4.78, 5) is 64.4. The molecule has 5 atom stereocenters. The van der Waals surface area contributed by atoms with Crippen LogP contribution in [0.1, 0.15) is 37.7 Å². The van der Waals surface area contributed by atoms with Gasteiger partial charge in [0, 0.05) is 37.4 Å². The molecular weight excluding hydrogens is 598 g/mol. The van der Waals surface area contributed by atoms with Crippen LogP contribution in [0.3, 0.4) is 0 Å². The van der Waals surface area contributed by atoms with Gasteiger partial charge in [0.2, 0.25) is 11.9 Å². The number of methoxy groups -OCH3 is 1. The first-order chi connectivity index (χ1) is 20.8. The Morgan fingerprint density at radius 1 is 1.00 bits per heavy atom. The van der Waals surface area contributed by atoms with Crippen molar-refractivity contribution in [3.05, 3.63) is 39.4 Å². The first kappa shape index (κ1) is 32.6. The van der Waals surface area contributed by atoms with E-state index in [1.807, 2.05) is 0 Å². The first-order valence-electron chi connectivity index (χ1n) is 13.5. The molecule has 0 radical (unpaired) electrons. The number of nitrogens with one attached hydrogen (secondary N) is 2. The summed E-state index contributed by atoms with van der Waals surface area (Å²) in [5.74, 6) is -1.40. The number of carbonyl (C=O) groups is 3. The number of rotatable bonds is 9. The number of aryl methyl sites for hydroxylation is 2. The fourth-order valence-corrected chi connectivity index (χ4v) is 5.86. The summed E-state index contributed by atoms with van der Waals surface area (Å²) in [6, 6.07) is 3.47. The van der Waals surface area contributed by atoms with E-state index in [1.54, 1.807) is 32.9 Å². The van der Waals surface area contributed by atoms with Crippen molar-refractivity contribution in [2.24, 2.45) is 0 Å². The van der Waals surface area contributed by atoms with Crippen molar-refractivity contribution in [3.63, 3.8) is 0 Å². The van der Waals surface area contributed by atoms with Gasteiger partial charge in [-0.2, -0.15) is 0 Å². The monoisotopic (exact) mass is 631 g/mol. The summed E-state index contributed by atoms with van der Waals surface area (Å²) in [7, 11) is 1.46. The van der Waals surface area contributed by atoms with Gasteiger partial charge in [-0.1, -0.05) is 11.8 Å². The summed E-state index contributed by atoms with van der Waals surface area (Å²) in [6.07, 6.45) is -5.28. The van der Waals surface area contributed by atoms with Gasteiger partial charge in [-0.05, 0) is 32.9 Å². The minimum atomic E-state index is -1.54. The van der Waals surface area contributed by atoms with Crippen molar-refractivity contribution in [3.8, 4) is 5.75 Å². The fourth-order valence-electron chi connectivity index (χ4n) is 4.54. The molecule has 0 bridgehead atoms. The number of hydrogen-bond acceptors (Lipinski definition) is 15. The Hall–Kier alpha value is -4.28. The van der Waals surface area contributed by atoms with Crippen molar-refractivity contribution in [1.29, 1.82) is 0 Å². The van der Waals surface area contributed by atoms with Crippen LogP contribution in [0.15, 0.2) is 21.8 Å². The van der Waals surface area contributed by atoms with Crippen molar-refractivity contribution in [2.45, 2.75) is 76.3 Å². The molecule has 2 aromatic heterocycles. The molecule has 1 aliphatic heterocycles. The lowest BCUT2D eigenvalue weighted by Gasteiger charge is -2.42. The molecule has 236 valence electrons. The number of thioether (sulfide) groups is 1. The molecule has 4 rings (SSSR count). The van der Waals surface area contributed by atoms with Gasteiger partial charge in [0.1, 0.15) is 30.0 Å². The molecule has 0 aliphatic carbocycles. The van der Waals surface area contributed by atoms with Crippen LogP contribution in [0, 0.1) is 20.8 Å². The van der Waals surface area contributed by atoms with E-state index < -0.39 is 47.8 Å². The van der Waals surface area contributed by atoms with Crippen LogP contribution in [0.5, 0.6) is 5.75 Å². The van der Waals surface area contributed by atoms with Gasteiger partial charge in [0.25, 0.3) is 5.56 Å². The topological polar surface area (TPSA) is 201 Å². The van der Waals surface area contributed by atoms with Gasteiger partial charge < -0.3 is 28.8 Å². The average molecular weight is 632 g/mol. The van der Waals surface area contributed by atoms with E-state index in [1.165, 1.54) is 21.0 Å². The molecule has 0 spiro atoms. The Morgan fingerprint density at radius 3 is 2.30 bits per heavy atom. The highest BCUT2D eigenvalue weighted by atomic mass is 32.2. The first-order valence-corrected chi connectivity index (χ1v) is 14.3. The lowest BCUT2D eigenvalue weighted by Crippen LogP contribution is -2.60. The molecule has 1 fully saturated rings. The lowest BCUT2D eigenvalue weighted by molar-refractivity contribution is -0.229. The lowest BCUT2D eigenvalue weighted by atomic mass is 9.99. The largest absolute Gasteiger partial charge is 0.496 e. The molecule has 44 heavy (non-hydrogen) atoms. The Morgan fingerprint density at radius 2 is 1.68 bits per heavy atom. The van der Waals surface area contributed by atoms with Crippen LogP contribution < -0.4 is 15.6 Å². The molecule has 15 nitrogen and oxygen atoms in total. The molecule has 1 aromatic carbocycles. The number of aromatic nitrogens is 4. The zero-order valence-electron chi connectivity index (χ0n) is 25.1. The van der Waals surface area contributed by atoms with Gasteiger partial charge in [0.05, 0.1) is 23.2 Å². The van der Waals surface area contributed by atoms with Crippen LogP contribution in [0.25, 0.3) is 10.9 Å². The highest BCUT2D eigenvalue weighted by molar-refractivity contribution is 8.00. The highest BCUT2D eigenvalue weighted by Gasteiger charge is 2.50. The fraction of sp³-hybridized carbons (Fsp3) is 0.464. The van der Waals surface area contributed by atoms with E-state index in [-0.39, 0.29) is 24.1 Å². The second kappa shape index (κ2) is 13.6. The minimum Gasteiger partial charge on any atom is -0.496 e. The van der Waals surface area contributed by atoms with Crippen molar-refractivity contribution < 1.29 is 43.2 Å². The van der Waals surface area contributed by atoms with E-state index in [9.17, 15) is 24.3 Å². The maximum Gasteiger partial charge on any atom is 0.303 e. The molecule has 3 N–H and O–H groups in total. The zero-order valence-corrected chi connectivity index (χ0v) is 25.9. The molecule has 1 aliphatic rings. The second-order valence-corrected chi connectivity index (χ2v) is 11.1. The predicted molar refractivity (Wildman–Crippen MR) is 157 cm³/mol. The number of aliphatic hydroxyl groups excluding tert-OH is 1. The highest BCUT2D eigenvalue weighted by Crippen LogP contribution is 2.43. The number of esters is 3. The SMILES string of the molecule is COc1ccc2c(C)nc(Nc3nc(C)c(C)c(=O)[nH]3)nc2c1S[C@@H]1OC(COC(C)=O)[C@@H](OC(C)=O)C(O)C1OC(C)=O. The molecule has 1 saturated heterocycles. The van der Waals surface area contributed by atoms with E-state index in [4.69, 9.17) is 23.7 Å². The van der Waals surface area contributed by atoms with Crippen LogP contribution >= 0.6 is 11.8 Å².